The molecule has 0 saturated heterocycles. The fourth-order valence-corrected chi connectivity index (χ4v) is 4.81. The maximum atomic E-state index is 14.9. The summed E-state index contributed by atoms with van der Waals surface area (Å²) in [5, 5.41) is 3.90. The van der Waals surface area contributed by atoms with Gasteiger partial charge in [-0.05, 0) is 86.6 Å². The van der Waals surface area contributed by atoms with Gasteiger partial charge in [-0.2, -0.15) is 0 Å². The van der Waals surface area contributed by atoms with Crippen molar-refractivity contribution < 1.29 is 9.18 Å². The number of amides is 1. The SMILES string of the molecule is C=C(C)C1=C(C)C2(CCC2)N(C)N(Cc2ccc(C3CC3)c(F)c2C)C1=O. The average molecular weight is 368 g/mol. The van der Waals surface area contributed by atoms with E-state index in [0.29, 0.717) is 18.0 Å². The largest absolute Gasteiger partial charge is 0.268 e. The summed E-state index contributed by atoms with van der Waals surface area (Å²) in [7, 11) is 2.00. The molecule has 1 amide bonds. The van der Waals surface area contributed by atoms with Crippen LogP contribution < -0.4 is 0 Å². The van der Waals surface area contributed by atoms with Crippen LogP contribution in [0.3, 0.4) is 0 Å². The molecular formula is C23H29FN2O. The van der Waals surface area contributed by atoms with Crippen LogP contribution in [0.2, 0.25) is 0 Å². The number of nitrogens with zero attached hydrogens (tertiary/aromatic N) is 2. The lowest BCUT2D eigenvalue weighted by atomic mass is 9.68. The minimum atomic E-state index is -0.0946. The Bertz CT molecular complexity index is 861. The number of benzene rings is 1. The van der Waals surface area contributed by atoms with Crippen LogP contribution in [-0.4, -0.2) is 28.5 Å². The van der Waals surface area contributed by atoms with Gasteiger partial charge in [0.25, 0.3) is 5.91 Å². The Morgan fingerprint density at radius 2 is 1.96 bits per heavy atom. The lowest BCUT2D eigenvalue weighted by Gasteiger charge is -2.56. The Labute approximate surface area is 161 Å². The summed E-state index contributed by atoms with van der Waals surface area (Å²) in [6.45, 7) is 10.3. The third-order valence-corrected chi connectivity index (χ3v) is 6.98. The fraction of sp³-hybridized carbons (Fsp3) is 0.522. The number of hydrogen-bond donors (Lipinski definition) is 0. The molecule has 1 spiro atoms. The molecule has 27 heavy (non-hydrogen) atoms. The predicted octanol–water partition coefficient (Wildman–Crippen LogP) is 5.02. The first kappa shape index (κ1) is 18.4. The molecule has 0 radical (unpaired) electrons. The number of carbonyl (C=O) groups is 1. The van der Waals surface area contributed by atoms with Crippen molar-refractivity contribution >= 4 is 5.91 Å². The second-order valence-corrected chi connectivity index (χ2v) is 8.58. The van der Waals surface area contributed by atoms with Gasteiger partial charge in [0, 0.05) is 12.6 Å². The number of hydrogen-bond acceptors (Lipinski definition) is 2. The summed E-state index contributed by atoms with van der Waals surface area (Å²) in [4.78, 5) is 13.3. The summed E-state index contributed by atoms with van der Waals surface area (Å²) < 4.78 is 14.9. The van der Waals surface area contributed by atoms with E-state index >= 15 is 0 Å². The number of hydrazine groups is 1. The first-order chi connectivity index (χ1) is 12.8. The second kappa shape index (κ2) is 6.30. The highest BCUT2D eigenvalue weighted by molar-refractivity contribution is 5.99. The summed E-state index contributed by atoms with van der Waals surface area (Å²) in [6.07, 6.45) is 5.42. The Kier molecular flexibility index (Phi) is 4.30. The van der Waals surface area contributed by atoms with Crippen LogP contribution in [0, 0.1) is 12.7 Å². The van der Waals surface area contributed by atoms with Crippen molar-refractivity contribution in [3.05, 3.63) is 57.9 Å². The van der Waals surface area contributed by atoms with Crippen LogP contribution in [0.15, 0.2) is 35.4 Å². The third-order valence-electron chi connectivity index (χ3n) is 6.98. The Morgan fingerprint density at radius 1 is 1.30 bits per heavy atom. The van der Waals surface area contributed by atoms with Crippen LogP contribution in [-0.2, 0) is 11.3 Å². The quantitative estimate of drug-likeness (QED) is 0.745. The van der Waals surface area contributed by atoms with E-state index in [1.165, 1.54) is 0 Å². The summed E-state index contributed by atoms with van der Waals surface area (Å²) >= 11 is 0. The number of carbonyl (C=O) groups excluding carboxylic acids is 1. The van der Waals surface area contributed by atoms with Crippen molar-refractivity contribution in [2.45, 2.75) is 70.9 Å². The maximum Gasteiger partial charge on any atom is 0.268 e. The van der Waals surface area contributed by atoms with Gasteiger partial charge in [0.2, 0.25) is 0 Å². The predicted molar refractivity (Wildman–Crippen MR) is 106 cm³/mol. The highest BCUT2D eigenvalue weighted by atomic mass is 19.1. The van der Waals surface area contributed by atoms with E-state index in [1.54, 1.807) is 5.01 Å². The molecule has 0 atom stereocenters. The van der Waals surface area contributed by atoms with Gasteiger partial charge in [-0.25, -0.2) is 9.40 Å². The van der Waals surface area contributed by atoms with E-state index < -0.39 is 0 Å². The molecule has 0 N–H and O–H groups in total. The van der Waals surface area contributed by atoms with Gasteiger partial charge in [0.15, 0.2) is 0 Å². The Hall–Kier alpha value is -1.94. The minimum Gasteiger partial charge on any atom is -0.268 e. The molecule has 144 valence electrons. The molecule has 2 fully saturated rings. The second-order valence-electron chi connectivity index (χ2n) is 8.58. The first-order valence-corrected chi connectivity index (χ1v) is 9.98. The van der Waals surface area contributed by atoms with Gasteiger partial charge in [-0.15, -0.1) is 0 Å². The summed E-state index contributed by atoms with van der Waals surface area (Å²) in [6, 6.07) is 3.93. The first-order valence-electron chi connectivity index (χ1n) is 9.98. The maximum absolute atomic E-state index is 14.9. The molecule has 0 aromatic heterocycles. The van der Waals surface area contributed by atoms with Gasteiger partial charge in [-0.3, -0.25) is 9.80 Å². The van der Waals surface area contributed by atoms with Gasteiger partial charge in [0.05, 0.1) is 12.1 Å². The van der Waals surface area contributed by atoms with Crippen molar-refractivity contribution in [2.24, 2.45) is 0 Å². The average Bonchev–Trinajstić information content (AvgIpc) is 3.38. The van der Waals surface area contributed by atoms with E-state index in [4.69, 9.17) is 0 Å². The summed E-state index contributed by atoms with van der Waals surface area (Å²) in [5.41, 5.74) is 5.00. The molecule has 1 aliphatic heterocycles. The molecule has 4 rings (SSSR count). The van der Waals surface area contributed by atoms with Gasteiger partial charge < -0.3 is 0 Å². The molecule has 3 nitrogen and oxygen atoms in total. The molecule has 2 aliphatic carbocycles. The highest BCUT2D eigenvalue weighted by Gasteiger charge is 2.51. The minimum absolute atomic E-state index is 0.0221. The topological polar surface area (TPSA) is 23.6 Å². The van der Waals surface area contributed by atoms with Crippen LogP contribution in [0.5, 0.6) is 0 Å². The van der Waals surface area contributed by atoms with E-state index in [9.17, 15) is 9.18 Å². The molecule has 3 aliphatic rings. The fourth-order valence-electron chi connectivity index (χ4n) is 4.81. The van der Waals surface area contributed by atoms with Crippen LogP contribution in [0.25, 0.3) is 0 Å². The number of halogens is 1. The molecule has 2 saturated carbocycles. The van der Waals surface area contributed by atoms with E-state index in [0.717, 1.165) is 60.0 Å². The lowest BCUT2D eigenvalue weighted by Crippen LogP contribution is -2.64. The normalized spacial score (nSPS) is 22.4. The van der Waals surface area contributed by atoms with Gasteiger partial charge in [0.1, 0.15) is 5.82 Å². The lowest BCUT2D eigenvalue weighted by molar-refractivity contribution is -0.165. The van der Waals surface area contributed by atoms with Crippen molar-refractivity contribution in [2.75, 3.05) is 7.05 Å². The zero-order valence-corrected chi connectivity index (χ0v) is 16.9. The Balaban J connectivity index is 1.71. The molecule has 1 heterocycles. The van der Waals surface area contributed by atoms with Crippen molar-refractivity contribution in [1.82, 2.24) is 10.0 Å². The van der Waals surface area contributed by atoms with Crippen LogP contribution >= 0.6 is 0 Å². The van der Waals surface area contributed by atoms with Crippen LogP contribution in [0.4, 0.5) is 4.39 Å². The molecule has 0 bridgehead atoms. The van der Waals surface area contributed by atoms with Crippen molar-refractivity contribution in [3.63, 3.8) is 0 Å². The molecule has 1 aromatic rings. The van der Waals surface area contributed by atoms with Gasteiger partial charge in [-0.1, -0.05) is 18.7 Å². The highest BCUT2D eigenvalue weighted by Crippen LogP contribution is 2.48. The van der Waals surface area contributed by atoms with Crippen molar-refractivity contribution in [1.29, 1.82) is 0 Å². The van der Waals surface area contributed by atoms with Crippen molar-refractivity contribution in [3.8, 4) is 0 Å². The number of likely N-dealkylation sites (N-methyl/N-ethyl adjacent to an activating group) is 1. The smallest absolute Gasteiger partial charge is 0.268 e. The zero-order chi connectivity index (χ0) is 19.5. The molecule has 4 heteroatoms. The molecular weight excluding hydrogens is 339 g/mol. The van der Waals surface area contributed by atoms with E-state index in [2.05, 4.69) is 18.5 Å². The van der Waals surface area contributed by atoms with E-state index in [-0.39, 0.29) is 17.3 Å². The zero-order valence-electron chi connectivity index (χ0n) is 16.9. The molecule has 1 aromatic carbocycles. The number of rotatable bonds is 4. The Morgan fingerprint density at radius 3 is 2.48 bits per heavy atom. The monoisotopic (exact) mass is 368 g/mol. The summed E-state index contributed by atoms with van der Waals surface area (Å²) in [5.74, 6) is 0.273. The van der Waals surface area contributed by atoms with Gasteiger partial charge >= 0.3 is 0 Å². The third kappa shape index (κ3) is 2.68. The van der Waals surface area contributed by atoms with Crippen LogP contribution in [0.1, 0.15) is 68.6 Å². The molecule has 0 unspecified atom stereocenters. The standard InChI is InChI=1S/C23H29FN2O/c1-14(2)20-16(4)23(11-6-12-23)25(5)26(22(20)27)13-18-9-10-19(17-7-8-17)21(24)15(18)3/h9-10,17H,1,6-8,11-13H2,2-5H3. The van der Waals surface area contributed by atoms with E-state index in [1.807, 2.05) is 33.0 Å².